The topological polar surface area (TPSA) is 68.8 Å². The van der Waals surface area contributed by atoms with Gasteiger partial charge in [0.2, 0.25) is 5.95 Å². The van der Waals surface area contributed by atoms with Gasteiger partial charge in [0, 0.05) is 7.05 Å². The molecule has 0 aliphatic heterocycles. The number of anilines is 1. The highest BCUT2D eigenvalue weighted by molar-refractivity contribution is 5.67. The first-order chi connectivity index (χ1) is 8.20. The zero-order valence-electron chi connectivity index (χ0n) is 9.26. The van der Waals surface area contributed by atoms with Gasteiger partial charge >= 0.3 is 0 Å². The molecule has 2 aromatic rings. The summed E-state index contributed by atoms with van der Waals surface area (Å²) in [6.07, 6.45) is 3.60. The summed E-state index contributed by atoms with van der Waals surface area (Å²) in [7, 11) is 1.79. The average Bonchev–Trinajstić information content (AvgIpc) is 2.69. The van der Waals surface area contributed by atoms with Gasteiger partial charge in [-0.15, -0.1) is 10.2 Å². The number of hydrogen-bond donors (Lipinski definition) is 2. The number of nitrogens with one attached hydrogen (secondary N) is 1. The van der Waals surface area contributed by atoms with Crippen LogP contribution in [0, 0.1) is 5.82 Å². The number of halogens is 1. The third-order valence-electron chi connectivity index (χ3n) is 2.33. The van der Waals surface area contributed by atoms with Crippen molar-refractivity contribution in [2.75, 3.05) is 5.43 Å². The second-order valence-corrected chi connectivity index (χ2v) is 3.47. The molecule has 1 heterocycles. The molecule has 0 spiro atoms. The van der Waals surface area contributed by atoms with Crippen molar-refractivity contribution in [2.24, 2.45) is 12.9 Å². The van der Waals surface area contributed by atoms with E-state index in [4.69, 9.17) is 5.84 Å². The van der Waals surface area contributed by atoms with Crippen LogP contribution in [0.2, 0.25) is 0 Å². The fraction of sp³-hybridized carbons (Fsp3) is 0.0909. The smallest absolute Gasteiger partial charge is 0.238 e. The van der Waals surface area contributed by atoms with E-state index in [-0.39, 0.29) is 5.82 Å². The largest absolute Gasteiger partial charge is 0.296 e. The molecular formula is C11H12FN5. The number of rotatable bonds is 3. The molecule has 0 aliphatic carbocycles. The number of nitrogen functional groups attached to an aromatic ring is 1. The fourth-order valence-electron chi connectivity index (χ4n) is 1.36. The lowest BCUT2D eigenvalue weighted by molar-refractivity contribution is 0.628. The summed E-state index contributed by atoms with van der Waals surface area (Å²) in [4.78, 5) is 0. The molecule has 0 atom stereocenters. The lowest BCUT2D eigenvalue weighted by atomic mass is 10.2. The molecule has 3 N–H and O–H groups in total. The lowest BCUT2D eigenvalue weighted by Crippen LogP contribution is -2.11. The Bertz CT molecular complexity index is 529. The average molecular weight is 233 g/mol. The third kappa shape index (κ3) is 2.48. The Morgan fingerprint density at radius 3 is 2.53 bits per heavy atom. The van der Waals surface area contributed by atoms with Crippen LogP contribution in [-0.2, 0) is 7.05 Å². The van der Waals surface area contributed by atoms with Crippen LogP contribution >= 0.6 is 0 Å². The van der Waals surface area contributed by atoms with Crippen molar-refractivity contribution in [1.82, 2.24) is 14.8 Å². The third-order valence-corrected chi connectivity index (χ3v) is 2.33. The normalized spacial score (nSPS) is 11.0. The molecule has 1 aromatic carbocycles. The molecule has 0 unspecified atom stereocenters. The molecular weight excluding hydrogens is 221 g/mol. The molecule has 0 amide bonds. The summed E-state index contributed by atoms with van der Waals surface area (Å²) < 4.78 is 14.4. The van der Waals surface area contributed by atoms with Crippen LogP contribution in [0.4, 0.5) is 10.3 Å². The molecule has 0 bridgehead atoms. The number of nitrogens with two attached hydrogens (primary N) is 1. The summed E-state index contributed by atoms with van der Waals surface area (Å²) in [5.74, 6) is 6.13. The van der Waals surface area contributed by atoms with E-state index >= 15 is 0 Å². The Hall–Kier alpha value is -2.21. The summed E-state index contributed by atoms with van der Waals surface area (Å²) >= 11 is 0. The Kier molecular flexibility index (Phi) is 3.15. The summed E-state index contributed by atoms with van der Waals surface area (Å²) in [6, 6.07) is 6.18. The Morgan fingerprint density at radius 1 is 1.24 bits per heavy atom. The van der Waals surface area contributed by atoms with Crippen molar-refractivity contribution in [3.63, 3.8) is 0 Å². The van der Waals surface area contributed by atoms with Gasteiger partial charge < -0.3 is 0 Å². The Morgan fingerprint density at radius 2 is 1.94 bits per heavy atom. The summed E-state index contributed by atoms with van der Waals surface area (Å²) in [5, 5.41) is 7.75. The molecule has 0 saturated carbocycles. The Labute approximate surface area is 97.7 Å². The maximum atomic E-state index is 12.7. The second kappa shape index (κ2) is 4.75. The highest BCUT2D eigenvalue weighted by Crippen LogP contribution is 2.09. The van der Waals surface area contributed by atoms with Crippen LogP contribution in [0.3, 0.4) is 0 Å². The van der Waals surface area contributed by atoms with E-state index in [0.717, 1.165) is 5.56 Å². The summed E-state index contributed by atoms with van der Waals surface area (Å²) in [6.45, 7) is 0. The van der Waals surface area contributed by atoms with Crippen molar-refractivity contribution < 1.29 is 4.39 Å². The van der Waals surface area contributed by atoms with E-state index in [9.17, 15) is 4.39 Å². The molecule has 88 valence electrons. The van der Waals surface area contributed by atoms with Gasteiger partial charge in [-0.3, -0.25) is 9.99 Å². The number of benzene rings is 1. The number of nitrogens with zero attached hydrogens (tertiary/aromatic N) is 3. The second-order valence-electron chi connectivity index (χ2n) is 3.47. The van der Waals surface area contributed by atoms with Crippen LogP contribution in [0.5, 0.6) is 0 Å². The molecule has 0 fully saturated rings. The van der Waals surface area contributed by atoms with Gasteiger partial charge in [0.25, 0.3) is 0 Å². The molecule has 2 rings (SSSR count). The van der Waals surface area contributed by atoms with Crippen molar-refractivity contribution in [1.29, 1.82) is 0 Å². The van der Waals surface area contributed by atoms with E-state index in [0.29, 0.717) is 11.8 Å². The monoisotopic (exact) mass is 233 g/mol. The summed E-state index contributed by atoms with van der Waals surface area (Å²) in [5.41, 5.74) is 3.31. The lowest BCUT2D eigenvalue weighted by Gasteiger charge is -1.98. The van der Waals surface area contributed by atoms with Crippen LogP contribution in [0.1, 0.15) is 11.4 Å². The van der Waals surface area contributed by atoms with Gasteiger partial charge in [-0.25, -0.2) is 10.2 Å². The standard InChI is InChI=1S/C11H12FN5/c1-17-10(15-16-11(17)14-13)7-4-8-2-5-9(12)6-3-8/h2-7H,13H2,1H3,(H,14,16)/b7-4+. The van der Waals surface area contributed by atoms with E-state index in [1.54, 1.807) is 29.8 Å². The molecule has 0 aliphatic rings. The molecule has 1 aromatic heterocycles. The minimum absolute atomic E-state index is 0.254. The van der Waals surface area contributed by atoms with Gasteiger partial charge in [0.15, 0.2) is 5.82 Å². The molecule has 0 saturated heterocycles. The van der Waals surface area contributed by atoms with E-state index in [2.05, 4.69) is 15.6 Å². The quantitative estimate of drug-likeness (QED) is 0.621. The highest BCUT2D eigenvalue weighted by atomic mass is 19.1. The van der Waals surface area contributed by atoms with Crippen LogP contribution < -0.4 is 11.3 Å². The molecule has 0 radical (unpaired) electrons. The SMILES string of the molecule is Cn1c(/C=C/c2ccc(F)cc2)nnc1NN. The van der Waals surface area contributed by atoms with Crippen molar-refractivity contribution in [2.45, 2.75) is 0 Å². The minimum Gasteiger partial charge on any atom is -0.296 e. The van der Waals surface area contributed by atoms with Gasteiger partial charge in [-0.05, 0) is 23.8 Å². The fourth-order valence-corrected chi connectivity index (χ4v) is 1.36. The van der Waals surface area contributed by atoms with Crippen LogP contribution in [0.15, 0.2) is 24.3 Å². The molecule has 5 nitrogen and oxygen atoms in total. The first-order valence-electron chi connectivity index (χ1n) is 5.00. The maximum absolute atomic E-state index is 12.7. The first-order valence-corrected chi connectivity index (χ1v) is 5.00. The van der Waals surface area contributed by atoms with Gasteiger partial charge in [0.1, 0.15) is 5.82 Å². The zero-order valence-corrected chi connectivity index (χ0v) is 9.26. The van der Waals surface area contributed by atoms with Gasteiger partial charge in [0.05, 0.1) is 0 Å². The minimum atomic E-state index is -0.254. The maximum Gasteiger partial charge on any atom is 0.238 e. The number of aromatic nitrogens is 3. The van der Waals surface area contributed by atoms with Crippen molar-refractivity contribution >= 4 is 18.1 Å². The van der Waals surface area contributed by atoms with Crippen LogP contribution in [0.25, 0.3) is 12.2 Å². The molecule has 6 heteroatoms. The van der Waals surface area contributed by atoms with E-state index < -0.39 is 0 Å². The first kappa shape index (κ1) is 11.3. The number of hydrogen-bond acceptors (Lipinski definition) is 4. The Balaban J connectivity index is 2.20. The highest BCUT2D eigenvalue weighted by Gasteiger charge is 2.03. The van der Waals surface area contributed by atoms with Crippen molar-refractivity contribution in [3.8, 4) is 0 Å². The van der Waals surface area contributed by atoms with Gasteiger partial charge in [-0.2, -0.15) is 0 Å². The number of hydrazine groups is 1. The van der Waals surface area contributed by atoms with Crippen LogP contribution in [-0.4, -0.2) is 14.8 Å². The van der Waals surface area contributed by atoms with E-state index in [1.807, 2.05) is 6.08 Å². The zero-order chi connectivity index (χ0) is 12.3. The molecule has 17 heavy (non-hydrogen) atoms. The van der Waals surface area contributed by atoms with Crippen molar-refractivity contribution in [3.05, 3.63) is 41.5 Å². The van der Waals surface area contributed by atoms with Gasteiger partial charge in [-0.1, -0.05) is 18.2 Å². The predicted octanol–water partition coefficient (Wildman–Crippen LogP) is 1.41. The predicted molar refractivity (Wildman–Crippen MR) is 64.1 cm³/mol. The van der Waals surface area contributed by atoms with E-state index in [1.165, 1.54) is 12.1 Å².